The molecular weight excluding hydrogens is 379 g/mol. The molecule has 2 rings (SSSR count). The summed E-state index contributed by atoms with van der Waals surface area (Å²) in [6.45, 7) is 0. The molecule has 0 aliphatic carbocycles. The van der Waals surface area contributed by atoms with Crippen LogP contribution >= 0.6 is 31.9 Å². The van der Waals surface area contributed by atoms with Gasteiger partial charge in [-0.05, 0) is 68.3 Å². The molecule has 0 amide bonds. The number of nitrogen functional groups attached to an aromatic ring is 1. The molecule has 0 fully saturated rings. The lowest BCUT2D eigenvalue weighted by molar-refractivity contribution is 0.479. The Morgan fingerprint density at radius 2 is 1.63 bits per heavy atom. The summed E-state index contributed by atoms with van der Waals surface area (Å²) in [6.07, 6.45) is 0. The number of amidine groups is 1. The normalized spacial score (nSPS) is 10.3. The van der Waals surface area contributed by atoms with Crippen molar-refractivity contribution >= 4 is 37.7 Å². The topological polar surface area (TPSA) is 59.1 Å². The van der Waals surface area contributed by atoms with Crippen LogP contribution in [0, 0.1) is 11.2 Å². The van der Waals surface area contributed by atoms with Gasteiger partial charge in [-0.1, -0.05) is 0 Å². The molecule has 0 spiro atoms. The maximum atomic E-state index is 13.1. The van der Waals surface area contributed by atoms with Gasteiger partial charge in [0, 0.05) is 10.0 Å². The Balaban J connectivity index is 2.26. The van der Waals surface area contributed by atoms with E-state index in [2.05, 4.69) is 31.9 Å². The number of halogens is 3. The first-order valence-electron chi connectivity index (χ1n) is 5.24. The predicted octanol–water partition coefficient (Wildman–Crippen LogP) is 4.43. The highest BCUT2D eigenvalue weighted by molar-refractivity contribution is 9.10. The van der Waals surface area contributed by atoms with Crippen molar-refractivity contribution in [2.75, 3.05) is 0 Å². The van der Waals surface area contributed by atoms with Crippen molar-refractivity contribution in [1.29, 1.82) is 5.41 Å². The molecule has 0 aliphatic rings. The molecule has 19 heavy (non-hydrogen) atoms. The van der Waals surface area contributed by atoms with Crippen molar-refractivity contribution in [3.05, 3.63) is 56.7 Å². The predicted molar refractivity (Wildman–Crippen MR) is 79.3 cm³/mol. The number of rotatable bonds is 3. The van der Waals surface area contributed by atoms with Crippen LogP contribution in [-0.4, -0.2) is 5.84 Å². The zero-order chi connectivity index (χ0) is 14.0. The summed E-state index contributed by atoms with van der Waals surface area (Å²) in [6, 6.07) is 9.47. The molecule has 2 aromatic rings. The van der Waals surface area contributed by atoms with Crippen LogP contribution in [0.1, 0.15) is 5.56 Å². The Morgan fingerprint density at radius 3 is 2.16 bits per heavy atom. The lowest BCUT2D eigenvalue weighted by Crippen LogP contribution is -2.11. The van der Waals surface area contributed by atoms with E-state index in [0.717, 1.165) is 0 Å². The molecule has 3 N–H and O–H groups in total. The third kappa shape index (κ3) is 3.33. The minimum Gasteiger partial charge on any atom is -0.457 e. The average Bonchev–Trinajstić information content (AvgIpc) is 2.33. The number of nitrogens with one attached hydrogen (secondary N) is 1. The summed E-state index contributed by atoms with van der Waals surface area (Å²) < 4.78 is 19.7. The summed E-state index contributed by atoms with van der Waals surface area (Å²) in [5.74, 6) is 0.703. The highest BCUT2D eigenvalue weighted by Gasteiger charge is 2.07. The lowest BCUT2D eigenvalue weighted by atomic mass is 10.2. The second-order valence-electron chi connectivity index (χ2n) is 3.73. The Kier molecular flexibility index (Phi) is 4.21. The number of nitrogens with two attached hydrogens (primary N) is 1. The van der Waals surface area contributed by atoms with Gasteiger partial charge in [0.1, 0.15) is 23.2 Å². The van der Waals surface area contributed by atoms with Crippen molar-refractivity contribution in [3.63, 3.8) is 0 Å². The van der Waals surface area contributed by atoms with Gasteiger partial charge in [-0.3, -0.25) is 5.41 Å². The Morgan fingerprint density at radius 1 is 1.05 bits per heavy atom. The molecule has 0 atom stereocenters. The van der Waals surface area contributed by atoms with Gasteiger partial charge in [0.15, 0.2) is 0 Å². The molecule has 6 heteroatoms. The monoisotopic (exact) mass is 386 g/mol. The van der Waals surface area contributed by atoms with Gasteiger partial charge in [0.25, 0.3) is 0 Å². The van der Waals surface area contributed by atoms with Crippen molar-refractivity contribution in [2.24, 2.45) is 5.73 Å². The highest BCUT2D eigenvalue weighted by Crippen LogP contribution is 2.29. The Bertz CT molecular complexity index is 647. The number of hydrogen-bond acceptors (Lipinski definition) is 2. The Hall–Kier alpha value is -1.40. The fraction of sp³-hybridized carbons (Fsp3) is 0. The van der Waals surface area contributed by atoms with E-state index in [1.54, 1.807) is 24.3 Å². The van der Waals surface area contributed by atoms with Crippen LogP contribution in [0.25, 0.3) is 0 Å². The zero-order valence-corrected chi connectivity index (χ0v) is 12.8. The molecule has 98 valence electrons. The van der Waals surface area contributed by atoms with Gasteiger partial charge in [0.05, 0.1) is 4.47 Å². The van der Waals surface area contributed by atoms with Crippen molar-refractivity contribution in [3.8, 4) is 11.5 Å². The molecule has 0 aliphatic heterocycles. The third-order valence-electron chi connectivity index (χ3n) is 2.36. The number of benzene rings is 2. The quantitative estimate of drug-likeness (QED) is 0.604. The van der Waals surface area contributed by atoms with E-state index >= 15 is 0 Å². The third-order valence-corrected chi connectivity index (χ3v) is 3.62. The maximum Gasteiger partial charge on any atom is 0.137 e. The van der Waals surface area contributed by atoms with Crippen LogP contribution in [0.4, 0.5) is 4.39 Å². The van der Waals surface area contributed by atoms with Crippen molar-refractivity contribution in [2.45, 2.75) is 0 Å². The van der Waals surface area contributed by atoms with Crippen LogP contribution < -0.4 is 10.5 Å². The fourth-order valence-corrected chi connectivity index (χ4v) is 2.38. The standard InChI is InChI=1S/C13H9Br2FN2O/c14-10-5-7(1-3-9(10)13(17)18)19-8-2-4-12(16)11(15)6-8/h1-6H,(H3,17,18). The maximum absolute atomic E-state index is 13.1. The van der Waals surface area contributed by atoms with Gasteiger partial charge < -0.3 is 10.5 Å². The summed E-state index contributed by atoms with van der Waals surface area (Å²) in [5.41, 5.74) is 6.01. The molecule has 3 nitrogen and oxygen atoms in total. The SMILES string of the molecule is N=C(N)c1ccc(Oc2ccc(F)c(Br)c2)cc1Br. The van der Waals surface area contributed by atoms with E-state index in [1.807, 2.05) is 0 Å². The fourth-order valence-electron chi connectivity index (χ4n) is 1.45. The molecule has 0 bridgehead atoms. The molecule has 0 saturated heterocycles. The number of ether oxygens (including phenoxy) is 1. The summed E-state index contributed by atoms with van der Waals surface area (Å²) in [4.78, 5) is 0. The number of hydrogen-bond donors (Lipinski definition) is 2. The van der Waals surface area contributed by atoms with E-state index < -0.39 is 0 Å². The molecule has 0 radical (unpaired) electrons. The first-order valence-corrected chi connectivity index (χ1v) is 6.83. The summed E-state index contributed by atoms with van der Waals surface area (Å²) in [5, 5.41) is 7.38. The van der Waals surface area contributed by atoms with Crippen LogP contribution in [0.15, 0.2) is 45.3 Å². The van der Waals surface area contributed by atoms with E-state index in [-0.39, 0.29) is 11.7 Å². The van der Waals surface area contributed by atoms with Crippen molar-refractivity contribution < 1.29 is 9.13 Å². The van der Waals surface area contributed by atoms with Crippen LogP contribution in [0.3, 0.4) is 0 Å². The van der Waals surface area contributed by atoms with E-state index in [4.69, 9.17) is 15.9 Å². The molecule has 0 saturated carbocycles. The molecule has 2 aromatic carbocycles. The van der Waals surface area contributed by atoms with Gasteiger partial charge in [-0.15, -0.1) is 0 Å². The van der Waals surface area contributed by atoms with E-state index in [0.29, 0.717) is 26.0 Å². The van der Waals surface area contributed by atoms with Crippen LogP contribution in [-0.2, 0) is 0 Å². The smallest absolute Gasteiger partial charge is 0.137 e. The van der Waals surface area contributed by atoms with Crippen LogP contribution in [0.5, 0.6) is 11.5 Å². The summed E-state index contributed by atoms with van der Waals surface area (Å²) >= 11 is 6.41. The van der Waals surface area contributed by atoms with Crippen molar-refractivity contribution in [1.82, 2.24) is 0 Å². The highest BCUT2D eigenvalue weighted by atomic mass is 79.9. The minimum absolute atomic E-state index is 0.0250. The molecule has 0 unspecified atom stereocenters. The molecule has 0 heterocycles. The van der Waals surface area contributed by atoms with Gasteiger partial charge >= 0.3 is 0 Å². The first-order chi connectivity index (χ1) is 8.97. The van der Waals surface area contributed by atoms with E-state index in [1.165, 1.54) is 12.1 Å². The Labute approximate surface area is 126 Å². The first kappa shape index (κ1) is 14.0. The van der Waals surface area contributed by atoms with Gasteiger partial charge in [0.2, 0.25) is 0 Å². The largest absolute Gasteiger partial charge is 0.457 e. The lowest BCUT2D eigenvalue weighted by Gasteiger charge is -2.09. The minimum atomic E-state index is -0.347. The van der Waals surface area contributed by atoms with Gasteiger partial charge in [-0.25, -0.2) is 4.39 Å². The molecular formula is C13H9Br2FN2O. The van der Waals surface area contributed by atoms with E-state index in [9.17, 15) is 4.39 Å². The summed E-state index contributed by atoms with van der Waals surface area (Å²) in [7, 11) is 0. The second kappa shape index (κ2) is 5.71. The second-order valence-corrected chi connectivity index (χ2v) is 5.44. The van der Waals surface area contributed by atoms with Crippen LogP contribution in [0.2, 0.25) is 0 Å². The average molecular weight is 388 g/mol. The van der Waals surface area contributed by atoms with Gasteiger partial charge in [-0.2, -0.15) is 0 Å². The zero-order valence-electron chi connectivity index (χ0n) is 9.58. The molecule has 0 aromatic heterocycles.